The molecule has 10 heteroatoms. The second kappa shape index (κ2) is 10.2. The molecule has 1 atom stereocenters. The number of amides is 1. The van der Waals surface area contributed by atoms with Crippen LogP contribution in [0.3, 0.4) is 0 Å². The molecule has 0 saturated heterocycles. The Bertz CT molecular complexity index is 1380. The van der Waals surface area contributed by atoms with Gasteiger partial charge < -0.3 is 20.5 Å². The van der Waals surface area contributed by atoms with Crippen LogP contribution in [0.5, 0.6) is 11.5 Å². The molecule has 36 heavy (non-hydrogen) atoms. The SMILES string of the molecule is C[C@@H](Oc1cc(-c2cnc3ccccn23)sc1C(N)=O)c1ccc(CNC(C)(C)C)cc1OC(F)F. The minimum Gasteiger partial charge on any atom is -0.484 e. The van der Waals surface area contributed by atoms with Crippen LogP contribution in [0, 0.1) is 0 Å². The van der Waals surface area contributed by atoms with E-state index in [1.165, 1.54) is 11.3 Å². The molecule has 7 nitrogen and oxygen atoms in total. The van der Waals surface area contributed by atoms with Gasteiger partial charge in [0, 0.05) is 29.9 Å². The highest BCUT2D eigenvalue weighted by molar-refractivity contribution is 7.17. The number of nitrogens with one attached hydrogen (secondary N) is 1. The van der Waals surface area contributed by atoms with Crippen LogP contribution in [0.1, 0.15) is 54.6 Å². The highest BCUT2D eigenvalue weighted by Crippen LogP contribution is 2.39. The lowest BCUT2D eigenvalue weighted by Gasteiger charge is -2.22. The quantitative estimate of drug-likeness (QED) is 0.295. The van der Waals surface area contributed by atoms with Gasteiger partial charge >= 0.3 is 6.61 Å². The topological polar surface area (TPSA) is 90.9 Å². The maximum absolute atomic E-state index is 13.2. The lowest BCUT2D eigenvalue weighted by molar-refractivity contribution is -0.0513. The predicted octanol–water partition coefficient (Wildman–Crippen LogP) is 5.79. The first kappa shape index (κ1) is 25.6. The van der Waals surface area contributed by atoms with Crippen LogP contribution in [0.2, 0.25) is 0 Å². The van der Waals surface area contributed by atoms with Crippen LogP contribution in [-0.4, -0.2) is 27.4 Å². The van der Waals surface area contributed by atoms with E-state index in [1.54, 1.807) is 31.3 Å². The summed E-state index contributed by atoms with van der Waals surface area (Å²) in [6.45, 7) is 5.25. The minimum absolute atomic E-state index is 0.0172. The number of alkyl halides is 2. The fraction of sp³-hybridized carbons (Fsp3) is 0.308. The fourth-order valence-corrected chi connectivity index (χ4v) is 4.67. The van der Waals surface area contributed by atoms with Crippen molar-refractivity contribution in [2.45, 2.75) is 52.5 Å². The summed E-state index contributed by atoms with van der Waals surface area (Å²) in [6.07, 6.45) is 2.87. The summed E-state index contributed by atoms with van der Waals surface area (Å²) in [5.74, 6) is -0.360. The van der Waals surface area contributed by atoms with Crippen molar-refractivity contribution in [3.8, 4) is 22.1 Å². The van der Waals surface area contributed by atoms with Crippen molar-refractivity contribution < 1.29 is 23.0 Å². The van der Waals surface area contributed by atoms with Crippen LogP contribution in [0.25, 0.3) is 16.2 Å². The van der Waals surface area contributed by atoms with E-state index >= 15 is 0 Å². The van der Waals surface area contributed by atoms with Gasteiger partial charge in [-0.05, 0) is 51.5 Å². The number of nitrogens with two attached hydrogens (primary N) is 1. The van der Waals surface area contributed by atoms with Crippen molar-refractivity contribution in [2.24, 2.45) is 5.73 Å². The zero-order chi connectivity index (χ0) is 26.0. The number of nitrogens with zero attached hydrogens (tertiary/aromatic N) is 2. The molecule has 0 fully saturated rings. The van der Waals surface area contributed by atoms with Crippen molar-refractivity contribution in [1.29, 1.82) is 0 Å². The lowest BCUT2D eigenvalue weighted by Crippen LogP contribution is -2.35. The summed E-state index contributed by atoms with van der Waals surface area (Å²) in [7, 11) is 0. The molecule has 1 amide bonds. The van der Waals surface area contributed by atoms with Gasteiger partial charge in [0.15, 0.2) is 0 Å². The lowest BCUT2D eigenvalue weighted by atomic mass is 10.0. The Kier molecular flexibility index (Phi) is 7.28. The molecule has 0 unspecified atom stereocenters. The monoisotopic (exact) mass is 514 g/mol. The van der Waals surface area contributed by atoms with Gasteiger partial charge in [-0.15, -0.1) is 11.3 Å². The molecule has 4 rings (SSSR count). The second-order valence-electron chi connectivity index (χ2n) is 9.35. The molecule has 190 valence electrons. The van der Waals surface area contributed by atoms with Crippen LogP contribution in [-0.2, 0) is 6.54 Å². The first-order valence-corrected chi connectivity index (χ1v) is 12.2. The number of aromatic nitrogens is 2. The first-order chi connectivity index (χ1) is 17.0. The van der Waals surface area contributed by atoms with E-state index in [0.29, 0.717) is 12.1 Å². The number of pyridine rings is 1. The number of halogens is 2. The Balaban J connectivity index is 1.64. The van der Waals surface area contributed by atoms with E-state index in [1.807, 2.05) is 55.6 Å². The number of ether oxygens (including phenoxy) is 2. The molecule has 3 heterocycles. The van der Waals surface area contributed by atoms with Crippen molar-refractivity contribution >= 4 is 22.9 Å². The molecule has 4 aromatic rings. The van der Waals surface area contributed by atoms with E-state index in [0.717, 1.165) is 21.8 Å². The number of primary amides is 1. The molecule has 0 aliphatic heterocycles. The molecule has 0 spiro atoms. The predicted molar refractivity (Wildman–Crippen MR) is 136 cm³/mol. The molecule has 0 radical (unpaired) electrons. The van der Waals surface area contributed by atoms with Gasteiger partial charge in [0.1, 0.15) is 28.1 Å². The van der Waals surface area contributed by atoms with E-state index < -0.39 is 18.6 Å². The summed E-state index contributed by atoms with van der Waals surface area (Å²) in [5, 5.41) is 3.32. The number of hydrogen-bond acceptors (Lipinski definition) is 6. The van der Waals surface area contributed by atoms with Crippen LogP contribution in [0.15, 0.2) is 54.9 Å². The molecular weight excluding hydrogens is 486 g/mol. The summed E-state index contributed by atoms with van der Waals surface area (Å²) < 4.78 is 39.2. The number of benzene rings is 1. The highest BCUT2D eigenvalue weighted by Gasteiger charge is 2.23. The van der Waals surface area contributed by atoms with Gasteiger partial charge in [-0.1, -0.05) is 18.2 Å². The third kappa shape index (κ3) is 5.83. The first-order valence-electron chi connectivity index (χ1n) is 11.4. The molecule has 1 aromatic carbocycles. The van der Waals surface area contributed by atoms with Gasteiger partial charge in [0.05, 0.1) is 16.8 Å². The number of carbonyl (C=O) groups excluding carboxylic acids is 1. The molecule has 0 saturated carbocycles. The Morgan fingerprint density at radius 2 is 1.94 bits per heavy atom. The maximum atomic E-state index is 13.2. The number of carbonyl (C=O) groups is 1. The minimum atomic E-state index is -2.99. The van der Waals surface area contributed by atoms with Gasteiger partial charge in [-0.25, -0.2) is 4.98 Å². The van der Waals surface area contributed by atoms with E-state index in [-0.39, 0.29) is 21.9 Å². The number of rotatable bonds is 9. The standard InChI is InChI=1S/C26H28F2N4O3S/c1-15(17-9-8-16(13-31-26(2,3)4)11-19(17)35-25(27)28)34-20-12-21(36-23(20)24(29)33)18-14-30-22-7-5-6-10-32(18)22/h5-12,14-15,25,31H,13H2,1-4H3,(H2,29,33)/t15-/m1/s1. The number of fused-ring (bicyclic) bond motifs is 1. The van der Waals surface area contributed by atoms with E-state index in [4.69, 9.17) is 15.2 Å². The Morgan fingerprint density at radius 3 is 2.64 bits per heavy atom. The summed E-state index contributed by atoms with van der Waals surface area (Å²) in [4.78, 5) is 17.5. The molecule has 0 bridgehead atoms. The van der Waals surface area contributed by atoms with Crippen LogP contribution >= 0.6 is 11.3 Å². The smallest absolute Gasteiger partial charge is 0.387 e. The molecule has 3 aromatic heterocycles. The van der Waals surface area contributed by atoms with Gasteiger partial charge in [-0.2, -0.15) is 8.78 Å². The van der Waals surface area contributed by atoms with Gasteiger partial charge in [0.25, 0.3) is 5.91 Å². The number of thiophene rings is 1. The van der Waals surface area contributed by atoms with Crippen LogP contribution < -0.4 is 20.5 Å². The third-order valence-electron chi connectivity index (χ3n) is 5.45. The van der Waals surface area contributed by atoms with Crippen molar-refractivity contribution in [3.63, 3.8) is 0 Å². The zero-order valence-corrected chi connectivity index (χ0v) is 21.2. The third-order valence-corrected chi connectivity index (χ3v) is 6.60. The summed E-state index contributed by atoms with van der Waals surface area (Å²) in [6, 6.07) is 12.5. The largest absolute Gasteiger partial charge is 0.484 e. The Hall–Kier alpha value is -3.50. The van der Waals surface area contributed by atoms with Gasteiger partial charge in [0.2, 0.25) is 0 Å². The molecular formula is C26H28F2N4O3S. The Labute approximate surface area is 211 Å². The van der Waals surface area contributed by atoms with E-state index in [2.05, 4.69) is 10.3 Å². The molecule has 3 N–H and O–H groups in total. The highest BCUT2D eigenvalue weighted by atomic mass is 32.1. The summed E-state index contributed by atoms with van der Waals surface area (Å²) in [5.41, 5.74) is 8.24. The average Bonchev–Trinajstić information content (AvgIpc) is 3.41. The average molecular weight is 515 g/mol. The van der Waals surface area contributed by atoms with Crippen molar-refractivity contribution in [1.82, 2.24) is 14.7 Å². The van der Waals surface area contributed by atoms with Crippen LogP contribution in [0.4, 0.5) is 8.78 Å². The molecule has 0 aliphatic carbocycles. The molecule has 0 aliphatic rings. The zero-order valence-electron chi connectivity index (χ0n) is 20.4. The fourth-order valence-electron chi connectivity index (χ4n) is 3.72. The van der Waals surface area contributed by atoms with Crippen molar-refractivity contribution in [3.05, 3.63) is 70.9 Å². The Morgan fingerprint density at radius 1 is 1.17 bits per heavy atom. The van der Waals surface area contributed by atoms with E-state index in [9.17, 15) is 13.6 Å². The number of hydrogen-bond donors (Lipinski definition) is 2. The summed E-state index contributed by atoms with van der Waals surface area (Å²) >= 11 is 1.18. The number of imidazole rings is 1. The van der Waals surface area contributed by atoms with Gasteiger partial charge in [-0.3, -0.25) is 9.20 Å². The maximum Gasteiger partial charge on any atom is 0.387 e. The normalized spacial score (nSPS) is 12.8. The van der Waals surface area contributed by atoms with Crippen molar-refractivity contribution in [2.75, 3.05) is 0 Å². The second-order valence-corrected chi connectivity index (χ2v) is 10.4.